The molecule has 0 atom stereocenters. The number of carbonyl (C=O) groups excluding carboxylic acids is 1. The van der Waals surface area contributed by atoms with Crippen LogP contribution in [0.15, 0.2) is 71.6 Å². The number of urea groups is 1. The standard InChI is InChI=1S/C24H27N3O6S/c1-24(2,3)25-23(28)27-34(30,31)22-15-18(26-29)10-13-21(22)33-20-7-5-6-17(14-20)16-8-11-19(32-4)12-9-16/h5-15,26,29H,1-4H3,(H2,25,27,28). The van der Waals surface area contributed by atoms with Crippen molar-refractivity contribution in [2.45, 2.75) is 31.2 Å². The minimum atomic E-state index is -4.34. The molecular weight excluding hydrogens is 458 g/mol. The predicted molar refractivity (Wildman–Crippen MR) is 129 cm³/mol. The molecule has 0 bridgehead atoms. The van der Waals surface area contributed by atoms with Crippen LogP contribution in [0.25, 0.3) is 11.1 Å². The van der Waals surface area contributed by atoms with Crippen molar-refractivity contribution in [1.29, 1.82) is 0 Å². The maximum atomic E-state index is 13.0. The van der Waals surface area contributed by atoms with Crippen molar-refractivity contribution in [3.8, 4) is 28.4 Å². The Morgan fingerprint density at radius 2 is 1.62 bits per heavy atom. The second kappa shape index (κ2) is 10.0. The minimum absolute atomic E-state index is 0.0260. The summed E-state index contributed by atoms with van der Waals surface area (Å²) < 4.78 is 39.0. The third-order valence-electron chi connectivity index (χ3n) is 4.56. The van der Waals surface area contributed by atoms with Gasteiger partial charge in [-0.05, 0) is 74.4 Å². The number of benzene rings is 3. The third-order valence-corrected chi connectivity index (χ3v) is 5.92. The summed E-state index contributed by atoms with van der Waals surface area (Å²) in [6.45, 7) is 5.17. The van der Waals surface area contributed by atoms with E-state index in [2.05, 4.69) is 5.32 Å². The fourth-order valence-corrected chi connectivity index (χ4v) is 4.13. The van der Waals surface area contributed by atoms with Crippen molar-refractivity contribution in [2.24, 2.45) is 0 Å². The average Bonchev–Trinajstić information content (AvgIpc) is 2.78. The molecule has 9 nitrogen and oxygen atoms in total. The Kier molecular flexibility index (Phi) is 7.33. The van der Waals surface area contributed by atoms with Crippen LogP contribution in [0.2, 0.25) is 0 Å². The number of rotatable bonds is 7. The lowest BCUT2D eigenvalue weighted by Crippen LogP contribution is -2.48. The Labute approximate surface area is 198 Å². The first-order chi connectivity index (χ1) is 16.0. The van der Waals surface area contributed by atoms with Gasteiger partial charge in [-0.25, -0.2) is 17.9 Å². The zero-order valence-electron chi connectivity index (χ0n) is 19.2. The van der Waals surface area contributed by atoms with Crippen LogP contribution in [0.1, 0.15) is 20.8 Å². The molecule has 0 aliphatic rings. The van der Waals surface area contributed by atoms with E-state index >= 15 is 0 Å². The summed E-state index contributed by atoms with van der Waals surface area (Å²) >= 11 is 0. The van der Waals surface area contributed by atoms with Crippen molar-refractivity contribution in [3.05, 3.63) is 66.7 Å². The Bertz CT molecular complexity index is 1270. The smallest absolute Gasteiger partial charge is 0.329 e. The van der Waals surface area contributed by atoms with Gasteiger partial charge in [0.2, 0.25) is 0 Å². The number of anilines is 1. The van der Waals surface area contributed by atoms with E-state index in [-0.39, 0.29) is 16.3 Å². The molecule has 0 aliphatic carbocycles. The minimum Gasteiger partial charge on any atom is -0.497 e. The normalized spacial score (nSPS) is 11.4. The van der Waals surface area contributed by atoms with Gasteiger partial charge in [-0.15, -0.1) is 0 Å². The second-order valence-corrected chi connectivity index (χ2v) is 10.1. The summed E-state index contributed by atoms with van der Waals surface area (Å²) in [4.78, 5) is 11.9. The van der Waals surface area contributed by atoms with Gasteiger partial charge in [0, 0.05) is 5.54 Å². The second-order valence-electron chi connectivity index (χ2n) is 8.44. The van der Waals surface area contributed by atoms with Crippen LogP contribution in [-0.4, -0.2) is 32.3 Å². The van der Waals surface area contributed by atoms with Gasteiger partial charge in [0.1, 0.15) is 22.1 Å². The highest BCUT2D eigenvalue weighted by Crippen LogP contribution is 2.33. The van der Waals surface area contributed by atoms with E-state index in [0.717, 1.165) is 22.9 Å². The quantitative estimate of drug-likeness (QED) is 0.356. The fourth-order valence-electron chi connectivity index (χ4n) is 3.06. The number of amides is 2. The Hall–Kier alpha value is -3.76. The van der Waals surface area contributed by atoms with E-state index in [0.29, 0.717) is 5.75 Å². The molecule has 2 amide bonds. The fraction of sp³-hybridized carbons (Fsp3) is 0.208. The van der Waals surface area contributed by atoms with Crippen molar-refractivity contribution in [3.63, 3.8) is 0 Å². The SMILES string of the molecule is COc1ccc(-c2cccc(Oc3ccc(NO)cc3S(=O)(=O)NC(=O)NC(C)(C)C)c2)cc1. The summed E-state index contributed by atoms with van der Waals surface area (Å²) in [7, 11) is -2.75. The Morgan fingerprint density at radius 3 is 2.24 bits per heavy atom. The number of ether oxygens (including phenoxy) is 2. The molecule has 0 saturated carbocycles. The topological polar surface area (TPSA) is 126 Å². The van der Waals surface area contributed by atoms with Gasteiger partial charge < -0.3 is 14.8 Å². The van der Waals surface area contributed by atoms with Crippen molar-refractivity contribution < 1.29 is 27.9 Å². The summed E-state index contributed by atoms with van der Waals surface area (Å²) in [6, 6.07) is 17.7. The highest BCUT2D eigenvalue weighted by Gasteiger charge is 2.25. The Balaban J connectivity index is 1.93. The van der Waals surface area contributed by atoms with Gasteiger partial charge in [0.15, 0.2) is 0 Å². The van der Waals surface area contributed by atoms with Crippen LogP contribution >= 0.6 is 0 Å². The molecule has 0 spiro atoms. The molecule has 10 heteroatoms. The van der Waals surface area contributed by atoms with Crippen molar-refractivity contribution in [2.75, 3.05) is 12.6 Å². The van der Waals surface area contributed by atoms with Gasteiger partial charge in [-0.3, -0.25) is 10.7 Å². The van der Waals surface area contributed by atoms with Gasteiger partial charge in [-0.2, -0.15) is 0 Å². The zero-order chi connectivity index (χ0) is 24.9. The van der Waals surface area contributed by atoms with Gasteiger partial charge >= 0.3 is 6.03 Å². The summed E-state index contributed by atoms with van der Waals surface area (Å²) in [5.41, 5.74) is 3.13. The van der Waals surface area contributed by atoms with E-state index in [4.69, 9.17) is 9.47 Å². The maximum absolute atomic E-state index is 13.0. The van der Waals surface area contributed by atoms with Crippen LogP contribution in [0.5, 0.6) is 17.2 Å². The molecular formula is C24H27N3O6S. The van der Waals surface area contributed by atoms with E-state index in [1.54, 1.807) is 46.1 Å². The van der Waals surface area contributed by atoms with E-state index in [1.165, 1.54) is 12.1 Å². The van der Waals surface area contributed by atoms with Crippen molar-refractivity contribution in [1.82, 2.24) is 10.0 Å². The first-order valence-corrected chi connectivity index (χ1v) is 11.8. The molecule has 0 saturated heterocycles. The number of hydrogen-bond acceptors (Lipinski definition) is 7. The largest absolute Gasteiger partial charge is 0.497 e. The summed E-state index contributed by atoms with van der Waals surface area (Å²) in [6.07, 6.45) is 0. The molecule has 0 fully saturated rings. The lowest BCUT2D eigenvalue weighted by Gasteiger charge is -2.21. The van der Waals surface area contributed by atoms with E-state index < -0.39 is 21.6 Å². The van der Waals surface area contributed by atoms with Gasteiger partial charge in [-0.1, -0.05) is 24.3 Å². The molecule has 180 valence electrons. The molecule has 0 aliphatic heterocycles. The van der Waals surface area contributed by atoms with Crippen LogP contribution in [0, 0.1) is 0 Å². The Morgan fingerprint density at radius 1 is 0.912 bits per heavy atom. The first-order valence-electron chi connectivity index (χ1n) is 10.3. The number of nitrogens with one attached hydrogen (secondary N) is 3. The maximum Gasteiger partial charge on any atom is 0.329 e. The number of sulfonamides is 1. The molecule has 3 aromatic carbocycles. The van der Waals surface area contributed by atoms with Crippen LogP contribution in [-0.2, 0) is 10.0 Å². The molecule has 34 heavy (non-hydrogen) atoms. The summed E-state index contributed by atoms with van der Waals surface area (Å²) in [5, 5.41) is 11.8. The first kappa shape index (κ1) is 24.9. The number of methoxy groups -OCH3 is 1. The van der Waals surface area contributed by atoms with Crippen LogP contribution in [0.3, 0.4) is 0 Å². The van der Waals surface area contributed by atoms with Gasteiger partial charge in [0.05, 0.1) is 12.8 Å². The zero-order valence-corrected chi connectivity index (χ0v) is 20.1. The molecule has 3 rings (SSSR count). The predicted octanol–water partition coefficient (Wildman–Crippen LogP) is 4.74. The molecule has 0 unspecified atom stereocenters. The van der Waals surface area contributed by atoms with Crippen LogP contribution < -0.4 is 25.0 Å². The molecule has 3 aromatic rings. The lowest BCUT2D eigenvalue weighted by atomic mass is 10.1. The molecule has 4 N–H and O–H groups in total. The number of carbonyl (C=O) groups is 1. The average molecular weight is 486 g/mol. The van der Waals surface area contributed by atoms with Crippen molar-refractivity contribution >= 4 is 21.7 Å². The highest BCUT2D eigenvalue weighted by atomic mass is 32.2. The van der Waals surface area contributed by atoms with Crippen LogP contribution in [0.4, 0.5) is 10.5 Å². The van der Waals surface area contributed by atoms with E-state index in [9.17, 15) is 18.4 Å². The number of hydrogen-bond donors (Lipinski definition) is 4. The lowest BCUT2D eigenvalue weighted by molar-refractivity contribution is 0.237. The van der Waals surface area contributed by atoms with Gasteiger partial charge in [0.25, 0.3) is 10.0 Å². The van der Waals surface area contributed by atoms with E-state index in [1.807, 2.05) is 40.5 Å². The summed E-state index contributed by atoms with van der Waals surface area (Å²) in [5.74, 6) is 1.09. The molecule has 0 radical (unpaired) electrons. The molecule has 0 aromatic heterocycles. The molecule has 0 heterocycles. The third kappa shape index (κ3) is 6.40. The monoisotopic (exact) mass is 485 g/mol. The highest BCUT2D eigenvalue weighted by molar-refractivity contribution is 7.90.